The average molecular weight is 247 g/mol. The Kier molecular flexibility index (Phi) is 4.59. The van der Waals surface area contributed by atoms with Crippen LogP contribution in [-0.4, -0.2) is 23.2 Å². The van der Waals surface area contributed by atoms with Gasteiger partial charge in [-0.1, -0.05) is 43.2 Å². The second-order valence-electron chi connectivity index (χ2n) is 4.79. The van der Waals surface area contributed by atoms with Crippen molar-refractivity contribution in [1.82, 2.24) is 5.32 Å². The molecule has 0 aromatic heterocycles. The summed E-state index contributed by atoms with van der Waals surface area (Å²) in [6.45, 7) is 0.572. The summed E-state index contributed by atoms with van der Waals surface area (Å²) in [7, 11) is 0. The smallest absolute Gasteiger partial charge is 0.189 e. The van der Waals surface area contributed by atoms with E-state index in [1.807, 2.05) is 30.3 Å². The summed E-state index contributed by atoms with van der Waals surface area (Å²) >= 11 is 0. The first-order valence-corrected chi connectivity index (χ1v) is 6.54. The summed E-state index contributed by atoms with van der Waals surface area (Å²) in [5.41, 5.74) is 6.97. The standard InChI is InChI=1S/C14H21N3O/c15-14(16-10-11-6-2-1-3-7-11)17-12-8-4-5-9-13(12)18/h1-3,6-7,12-13,18H,4-5,8-10H2,(H3,15,16,17). The molecule has 2 atom stereocenters. The largest absolute Gasteiger partial charge is 0.391 e. The van der Waals surface area contributed by atoms with Gasteiger partial charge in [0, 0.05) is 0 Å². The molecule has 1 saturated carbocycles. The van der Waals surface area contributed by atoms with E-state index < -0.39 is 0 Å². The first kappa shape index (κ1) is 12.9. The number of aliphatic imine (C=N–C) groups is 1. The number of nitrogens with two attached hydrogens (primary N) is 1. The molecule has 4 heteroatoms. The van der Waals surface area contributed by atoms with Crippen LogP contribution in [0.4, 0.5) is 0 Å². The van der Waals surface area contributed by atoms with Gasteiger partial charge < -0.3 is 16.2 Å². The second kappa shape index (κ2) is 6.40. The Hall–Kier alpha value is -1.55. The minimum absolute atomic E-state index is 0.0540. The van der Waals surface area contributed by atoms with Gasteiger partial charge in [-0.2, -0.15) is 0 Å². The molecule has 1 aliphatic rings. The van der Waals surface area contributed by atoms with E-state index in [0.29, 0.717) is 12.5 Å². The first-order valence-electron chi connectivity index (χ1n) is 6.54. The fourth-order valence-corrected chi connectivity index (χ4v) is 2.28. The number of rotatable bonds is 3. The van der Waals surface area contributed by atoms with Crippen LogP contribution in [0.25, 0.3) is 0 Å². The summed E-state index contributed by atoms with van der Waals surface area (Å²) in [6.07, 6.45) is 3.75. The van der Waals surface area contributed by atoms with Crippen LogP contribution in [0, 0.1) is 0 Å². The van der Waals surface area contributed by atoms with Gasteiger partial charge in [-0.05, 0) is 18.4 Å². The molecule has 0 bridgehead atoms. The topological polar surface area (TPSA) is 70.6 Å². The molecule has 0 amide bonds. The van der Waals surface area contributed by atoms with Crippen LogP contribution in [0.2, 0.25) is 0 Å². The van der Waals surface area contributed by atoms with Gasteiger partial charge in [0.05, 0.1) is 18.7 Å². The quantitative estimate of drug-likeness (QED) is 0.558. The monoisotopic (exact) mass is 247 g/mol. The van der Waals surface area contributed by atoms with Crippen molar-refractivity contribution in [3.63, 3.8) is 0 Å². The van der Waals surface area contributed by atoms with Crippen molar-refractivity contribution < 1.29 is 5.11 Å². The number of nitrogens with one attached hydrogen (secondary N) is 1. The van der Waals surface area contributed by atoms with E-state index in [2.05, 4.69) is 10.3 Å². The van der Waals surface area contributed by atoms with E-state index >= 15 is 0 Å². The van der Waals surface area contributed by atoms with Gasteiger partial charge in [0.1, 0.15) is 0 Å². The Labute approximate surface area is 108 Å². The number of aliphatic hydroxyl groups is 1. The average Bonchev–Trinajstić information content (AvgIpc) is 2.40. The second-order valence-corrected chi connectivity index (χ2v) is 4.79. The van der Waals surface area contributed by atoms with E-state index in [1.165, 1.54) is 0 Å². The summed E-state index contributed by atoms with van der Waals surface area (Å²) in [5, 5.41) is 12.9. The maximum Gasteiger partial charge on any atom is 0.189 e. The summed E-state index contributed by atoms with van der Waals surface area (Å²) in [5.74, 6) is 0.421. The molecule has 0 spiro atoms. The molecule has 2 rings (SSSR count). The van der Waals surface area contributed by atoms with Gasteiger partial charge in [-0.25, -0.2) is 4.99 Å². The van der Waals surface area contributed by atoms with Crippen molar-refractivity contribution in [2.75, 3.05) is 0 Å². The Morgan fingerprint density at radius 1 is 1.28 bits per heavy atom. The number of hydrogen-bond acceptors (Lipinski definition) is 2. The van der Waals surface area contributed by atoms with Crippen LogP contribution < -0.4 is 11.1 Å². The summed E-state index contributed by atoms with van der Waals surface area (Å²) < 4.78 is 0. The molecule has 18 heavy (non-hydrogen) atoms. The molecule has 0 saturated heterocycles. The maximum atomic E-state index is 9.83. The molecule has 0 radical (unpaired) electrons. The third kappa shape index (κ3) is 3.74. The summed E-state index contributed by atoms with van der Waals surface area (Å²) in [6, 6.07) is 10.0. The van der Waals surface area contributed by atoms with Crippen molar-refractivity contribution in [2.45, 2.75) is 44.4 Å². The van der Waals surface area contributed by atoms with E-state index in [-0.39, 0.29) is 12.1 Å². The highest BCUT2D eigenvalue weighted by Crippen LogP contribution is 2.18. The molecular formula is C14H21N3O. The fourth-order valence-electron chi connectivity index (χ4n) is 2.28. The number of hydrogen-bond donors (Lipinski definition) is 3. The van der Waals surface area contributed by atoms with Crippen LogP contribution in [0.3, 0.4) is 0 Å². The SMILES string of the molecule is NC(=NCc1ccccc1)NC1CCCCC1O. The number of aliphatic hydroxyl groups excluding tert-OH is 1. The molecule has 1 fully saturated rings. The summed E-state index contributed by atoms with van der Waals surface area (Å²) in [4.78, 5) is 4.30. The van der Waals surface area contributed by atoms with Crippen LogP contribution in [-0.2, 0) is 6.54 Å². The molecule has 1 aliphatic carbocycles. The van der Waals surface area contributed by atoms with Crippen molar-refractivity contribution in [3.05, 3.63) is 35.9 Å². The van der Waals surface area contributed by atoms with E-state index in [9.17, 15) is 5.11 Å². The lowest BCUT2D eigenvalue weighted by atomic mass is 9.93. The molecule has 1 aromatic rings. The molecular weight excluding hydrogens is 226 g/mol. The fraction of sp³-hybridized carbons (Fsp3) is 0.500. The van der Waals surface area contributed by atoms with Crippen molar-refractivity contribution in [3.8, 4) is 0 Å². The van der Waals surface area contributed by atoms with Crippen LogP contribution in [0.5, 0.6) is 0 Å². The lowest BCUT2D eigenvalue weighted by Crippen LogP contribution is -2.48. The van der Waals surface area contributed by atoms with Gasteiger partial charge in [0.2, 0.25) is 0 Å². The van der Waals surface area contributed by atoms with Crippen molar-refractivity contribution in [2.24, 2.45) is 10.7 Å². The number of nitrogens with zero attached hydrogens (tertiary/aromatic N) is 1. The number of guanidine groups is 1. The predicted octanol–water partition coefficient (Wildman–Crippen LogP) is 1.39. The van der Waals surface area contributed by atoms with Crippen molar-refractivity contribution >= 4 is 5.96 Å². The Morgan fingerprint density at radius 2 is 2.00 bits per heavy atom. The number of benzene rings is 1. The highest BCUT2D eigenvalue weighted by molar-refractivity contribution is 5.78. The highest BCUT2D eigenvalue weighted by Gasteiger charge is 2.22. The molecule has 98 valence electrons. The molecule has 1 aromatic carbocycles. The molecule has 0 aliphatic heterocycles. The first-order chi connectivity index (χ1) is 8.75. The normalized spacial score (nSPS) is 24.8. The van der Waals surface area contributed by atoms with Gasteiger partial charge in [0.15, 0.2) is 5.96 Å². The van der Waals surface area contributed by atoms with Crippen LogP contribution in [0.15, 0.2) is 35.3 Å². The third-order valence-electron chi connectivity index (χ3n) is 3.34. The van der Waals surface area contributed by atoms with Crippen LogP contribution >= 0.6 is 0 Å². The minimum Gasteiger partial charge on any atom is -0.391 e. The Balaban J connectivity index is 1.85. The van der Waals surface area contributed by atoms with Gasteiger partial charge in [-0.3, -0.25) is 0 Å². The zero-order chi connectivity index (χ0) is 12.8. The lowest BCUT2D eigenvalue weighted by Gasteiger charge is -2.28. The predicted molar refractivity (Wildman–Crippen MR) is 73.2 cm³/mol. The third-order valence-corrected chi connectivity index (χ3v) is 3.34. The van der Waals surface area contributed by atoms with Gasteiger partial charge in [-0.15, -0.1) is 0 Å². The Bertz CT molecular complexity index is 391. The molecule has 4 N–H and O–H groups in total. The zero-order valence-electron chi connectivity index (χ0n) is 10.5. The lowest BCUT2D eigenvalue weighted by molar-refractivity contribution is 0.0996. The maximum absolute atomic E-state index is 9.83. The van der Waals surface area contributed by atoms with Crippen LogP contribution in [0.1, 0.15) is 31.2 Å². The van der Waals surface area contributed by atoms with E-state index in [4.69, 9.17) is 5.73 Å². The molecule has 0 heterocycles. The van der Waals surface area contributed by atoms with Gasteiger partial charge in [0.25, 0.3) is 0 Å². The van der Waals surface area contributed by atoms with E-state index in [1.54, 1.807) is 0 Å². The minimum atomic E-state index is -0.302. The Morgan fingerprint density at radius 3 is 2.72 bits per heavy atom. The van der Waals surface area contributed by atoms with E-state index in [0.717, 1.165) is 31.2 Å². The zero-order valence-corrected chi connectivity index (χ0v) is 10.5. The molecule has 2 unspecified atom stereocenters. The van der Waals surface area contributed by atoms with Gasteiger partial charge >= 0.3 is 0 Å². The van der Waals surface area contributed by atoms with Crippen molar-refractivity contribution in [1.29, 1.82) is 0 Å². The highest BCUT2D eigenvalue weighted by atomic mass is 16.3. The molecule has 4 nitrogen and oxygen atoms in total.